The molecule has 2 N–H and O–H groups in total. The fraction of sp³-hybridized carbons (Fsp3) is 0.727. The summed E-state index contributed by atoms with van der Waals surface area (Å²) in [6.45, 7) is 3.02. The maximum absolute atomic E-state index is 14.2. The zero-order chi connectivity index (χ0) is 14.4. The third-order valence-electron chi connectivity index (χ3n) is 3.94. The average molecular weight is 281 g/mol. The summed E-state index contributed by atoms with van der Waals surface area (Å²) in [5, 5.41) is 3.36. The van der Waals surface area contributed by atoms with Crippen molar-refractivity contribution in [1.29, 1.82) is 0 Å². The van der Waals surface area contributed by atoms with Crippen molar-refractivity contribution in [2.45, 2.75) is 49.9 Å². The molecule has 3 nitrogen and oxygen atoms in total. The van der Waals surface area contributed by atoms with E-state index in [1.165, 1.54) is 13.8 Å². The van der Waals surface area contributed by atoms with Gasteiger partial charge in [-0.1, -0.05) is 0 Å². The molecule has 8 heteroatoms. The van der Waals surface area contributed by atoms with Gasteiger partial charge in [-0.15, -0.1) is 0 Å². The first-order valence-electron chi connectivity index (χ1n) is 5.88. The van der Waals surface area contributed by atoms with Gasteiger partial charge in [-0.3, -0.25) is 4.68 Å². The van der Waals surface area contributed by atoms with Crippen LogP contribution in [0.3, 0.4) is 0 Å². The summed E-state index contributed by atoms with van der Waals surface area (Å²) in [6, 6.07) is -0.586. The standard InChI is InChI=1S/C11H12F5N3/c1-4(2)19-8-6(7(18-19)11(14,15)16)5-3-9(5,17)10(8,12)13/h4-5H,3,17H2,1-2H3/t5-,9+/m1/s1. The van der Waals surface area contributed by atoms with Gasteiger partial charge in [0.05, 0.1) is 5.54 Å². The van der Waals surface area contributed by atoms with E-state index in [0.717, 1.165) is 4.68 Å². The van der Waals surface area contributed by atoms with E-state index in [1.54, 1.807) is 0 Å². The van der Waals surface area contributed by atoms with Gasteiger partial charge < -0.3 is 5.73 Å². The number of alkyl halides is 5. The quantitative estimate of drug-likeness (QED) is 0.804. The van der Waals surface area contributed by atoms with Gasteiger partial charge >= 0.3 is 12.1 Å². The van der Waals surface area contributed by atoms with Crippen molar-refractivity contribution in [2.24, 2.45) is 5.73 Å². The lowest BCUT2D eigenvalue weighted by molar-refractivity contribution is -0.142. The number of halogens is 5. The van der Waals surface area contributed by atoms with Crippen LogP contribution in [-0.2, 0) is 12.1 Å². The van der Waals surface area contributed by atoms with E-state index in [0.29, 0.717) is 0 Å². The Morgan fingerprint density at radius 3 is 2.42 bits per heavy atom. The summed E-state index contributed by atoms with van der Waals surface area (Å²) in [6.07, 6.45) is -4.87. The minimum absolute atomic E-state index is 0.125. The lowest BCUT2D eigenvalue weighted by atomic mass is 10.1. The van der Waals surface area contributed by atoms with Crippen molar-refractivity contribution >= 4 is 0 Å². The summed E-state index contributed by atoms with van der Waals surface area (Å²) in [4.78, 5) is 0. The minimum Gasteiger partial charge on any atom is -0.319 e. The molecular formula is C11H12F5N3. The first kappa shape index (κ1) is 12.8. The number of hydrogen-bond acceptors (Lipinski definition) is 2. The second-order valence-corrected chi connectivity index (χ2v) is 5.52. The molecule has 1 aromatic heterocycles. The van der Waals surface area contributed by atoms with Crippen LogP contribution in [0.25, 0.3) is 0 Å². The van der Waals surface area contributed by atoms with E-state index in [9.17, 15) is 22.0 Å². The van der Waals surface area contributed by atoms with Crippen LogP contribution >= 0.6 is 0 Å². The van der Waals surface area contributed by atoms with Crippen LogP contribution in [0.2, 0.25) is 0 Å². The van der Waals surface area contributed by atoms with Crippen LogP contribution in [0.1, 0.15) is 49.2 Å². The van der Waals surface area contributed by atoms with Gasteiger partial charge in [0.2, 0.25) is 0 Å². The second kappa shape index (κ2) is 3.11. The molecule has 2 atom stereocenters. The second-order valence-electron chi connectivity index (χ2n) is 5.52. The van der Waals surface area contributed by atoms with Gasteiger partial charge in [0.25, 0.3) is 0 Å². The van der Waals surface area contributed by atoms with Gasteiger partial charge in [-0.25, -0.2) is 0 Å². The molecule has 1 saturated carbocycles. The van der Waals surface area contributed by atoms with Crippen molar-refractivity contribution in [3.05, 3.63) is 17.0 Å². The van der Waals surface area contributed by atoms with Gasteiger partial charge in [0, 0.05) is 17.5 Å². The number of fused-ring (bicyclic) bond motifs is 3. The highest BCUT2D eigenvalue weighted by Crippen LogP contribution is 2.70. The summed E-state index contributed by atoms with van der Waals surface area (Å²) in [7, 11) is 0. The fourth-order valence-corrected chi connectivity index (χ4v) is 2.88. The monoisotopic (exact) mass is 281 g/mol. The Bertz CT molecular complexity index is 559. The van der Waals surface area contributed by atoms with E-state index in [1.807, 2.05) is 0 Å². The third kappa shape index (κ3) is 1.32. The maximum atomic E-state index is 14.2. The normalized spacial score (nSPS) is 31.5. The predicted octanol–water partition coefficient (Wildman–Crippen LogP) is 2.77. The number of hydrogen-bond donors (Lipinski definition) is 1. The van der Waals surface area contributed by atoms with Gasteiger partial charge in [-0.2, -0.15) is 27.1 Å². The molecule has 0 unspecified atom stereocenters. The molecule has 1 aromatic rings. The lowest BCUT2D eigenvalue weighted by Crippen LogP contribution is -2.41. The number of aromatic nitrogens is 2. The van der Waals surface area contributed by atoms with E-state index in [2.05, 4.69) is 5.10 Å². The predicted molar refractivity (Wildman–Crippen MR) is 55.8 cm³/mol. The zero-order valence-corrected chi connectivity index (χ0v) is 10.2. The van der Waals surface area contributed by atoms with Crippen molar-refractivity contribution < 1.29 is 22.0 Å². The number of rotatable bonds is 1. The Balaban J connectivity index is 2.29. The molecule has 2 aliphatic rings. The van der Waals surface area contributed by atoms with Crippen LogP contribution in [-0.4, -0.2) is 15.3 Å². The Morgan fingerprint density at radius 2 is 1.95 bits per heavy atom. The summed E-state index contributed by atoms with van der Waals surface area (Å²) >= 11 is 0. The Morgan fingerprint density at radius 1 is 1.37 bits per heavy atom. The van der Waals surface area contributed by atoms with Crippen molar-refractivity contribution in [2.75, 3.05) is 0 Å². The zero-order valence-electron chi connectivity index (χ0n) is 10.2. The van der Waals surface area contributed by atoms with E-state index in [4.69, 9.17) is 5.73 Å². The SMILES string of the molecule is CC(C)n1nc(C(F)(F)F)c2c1C(F)(F)[C@]1(N)C[C@H]21. The highest BCUT2D eigenvalue weighted by molar-refractivity contribution is 5.53. The topological polar surface area (TPSA) is 43.8 Å². The minimum atomic E-state index is -4.74. The molecule has 0 aromatic carbocycles. The molecular weight excluding hydrogens is 269 g/mol. The Kier molecular flexibility index (Phi) is 2.10. The Labute approximate surface area is 105 Å². The van der Waals surface area contributed by atoms with Crippen LogP contribution in [0.15, 0.2) is 0 Å². The molecule has 106 valence electrons. The number of nitrogens with two attached hydrogens (primary N) is 1. The molecule has 0 radical (unpaired) electrons. The van der Waals surface area contributed by atoms with Crippen LogP contribution < -0.4 is 5.73 Å². The average Bonchev–Trinajstić information content (AvgIpc) is 2.69. The van der Waals surface area contributed by atoms with Crippen LogP contribution in [0, 0.1) is 0 Å². The van der Waals surface area contributed by atoms with Gasteiger partial charge in [0.1, 0.15) is 5.69 Å². The summed E-state index contributed by atoms with van der Waals surface area (Å²) < 4.78 is 68.0. The lowest BCUT2D eigenvalue weighted by Gasteiger charge is -2.22. The molecule has 3 rings (SSSR count). The maximum Gasteiger partial charge on any atom is 0.435 e. The van der Waals surface area contributed by atoms with E-state index < -0.39 is 46.5 Å². The molecule has 0 aliphatic heterocycles. The van der Waals surface area contributed by atoms with Crippen molar-refractivity contribution in [3.63, 3.8) is 0 Å². The van der Waals surface area contributed by atoms with Crippen LogP contribution in [0.4, 0.5) is 22.0 Å². The summed E-state index contributed by atoms with van der Waals surface area (Å²) in [5.74, 6) is -4.41. The van der Waals surface area contributed by atoms with E-state index in [-0.39, 0.29) is 6.42 Å². The van der Waals surface area contributed by atoms with Crippen LogP contribution in [0.5, 0.6) is 0 Å². The molecule has 0 bridgehead atoms. The first-order chi connectivity index (χ1) is 8.52. The molecule has 1 fully saturated rings. The van der Waals surface area contributed by atoms with Gasteiger partial charge in [0.15, 0.2) is 5.69 Å². The molecule has 0 saturated heterocycles. The smallest absolute Gasteiger partial charge is 0.319 e. The van der Waals surface area contributed by atoms with Gasteiger partial charge in [-0.05, 0) is 20.3 Å². The molecule has 0 spiro atoms. The van der Waals surface area contributed by atoms with Crippen molar-refractivity contribution in [3.8, 4) is 0 Å². The summed E-state index contributed by atoms with van der Waals surface area (Å²) in [5.41, 5.74) is 1.40. The van der Waals surface area contributed by atoms with E-state index >= 15 is 0 Å². The molecule has 2 aliphatic carbocycles. The first-order valence-corrected chi connectivity index (χ1v) is 5.88. The molecule has 0 amide bonds. The number of nitrogens with zero attached hydrogens (tertiary/aromatic N) is 2. The highest BCUT2D eigenvalue weighted by Gasteiger charge is 2.77. The third-order valence-corrected chi connectivity index (χ3v) is 3.94. The molecule has 1 heterocycles. The Hall–Kier alpha value is -1.18. The largest absolute Gasteiger partial charge is 0.435 e. The fourth-order valence-electron chi connectivity index (χ4n) is 2.88. The molecule has 19 heavy (non-hydrogen) atoms. The van der Waals surface area contributed by atoms with Crippen molar-refractivity contribution in [1.82, 2.24) is 9.78 Å². The highest BCUT2D eigenvalue weighted by atomic mass is 19.4.